The molecule has 0 aliphatic carbocycles. The summed E-state index contributed by atoms with van der Waals surface area (Å²) in [5.74, 6) is 1.29. The van der Waals surface area contributed by atoms with E-state index in [0.717, 1.165) is 0 Å². The standard InChI is InChI=1S/C20H24ClN3O3S/c1-20(2,3)27-19(25)23-12-11-22-18(28)24-16-13-14(21)9-10-17(16)26-15-7-5-4-6-8-15/h4-10,13H,11-12H2,1-3H3,(H,23,25)(H2,22,24,28). The lowest BCUT2D eigenvalue weighted by atomic mass is 10.2. The van der Waals surface area contributed by atoms with Gasteiger partial charge in [-0.2, -0.15) is 0 Å². The van der Waals surface area contributed by atoms with Gasteiger partial charge in [0.25, 0.3) is 0 Å². The zero-order valence-corrected chi connectivity index (χ0v) is 17.6. The van der Waals surface area contributed by atoms with E-state index in [9.17, 15) is 4.79 Å². The van der Waals surface area contributed by atoms with Crippen molar-refractivity contribution < 1.29 is 14.3 Å². The van der Waals surface area contributed by atoms with Gasteiger partial charge >= 0.3 is 6.09 Å². The molecule has 0 aliphatic heterocycles. The van der Waals surface area contributed by atoms with Crippen LogP contribution in [0.1, 0.15) is 20.8 Å². The molecule has 2 aromatic rings. The van der Waals surface area contributed by atoms with E-state index in [0.29, 0.717) is 40.4 Å². The summed E-state index contributed by atoms with van der Waals surface area (Å²) in [4.78, 5) is 11.6. The topological polar surface area (TPSA) is 71.6 Å². The summed E-state index contributed by atoms with van der Waals surface area (Å²) in [6.45, 7) is 6.22. The number of nitrogens with one attached hydrogen (secondary N) is 3. The van der Waals surface area contributed by atoms with Crippen LogP contribution in [0.15, 0.2) is 48.5 Å². The smallest absolute Gasteiger partial charge is 0.407 e. The number of rotatable bonds is 6. The molecule has 150 valence electrons. The van der Waals surface area contributed by atoms with Crippen molar-refractivity contribution in [2.75, 3.05) is 18.4 Å². The Bertz CT molecular complexity index is 810. The van der Waals surface area contributed by atoms with Gasteiger partial charge in [-0.1, -0.05) is 29.8 Å². The highest BCUT2D eigenvalue weighted by molar-refractivity contribution is 7.80. The number of ether oxygens (including phenoxy) is 2. The maximum atomic E-state index is 11.6. The maximum Gasteiger partial charge on any atom is 0.407 e. The van der Waals surface area contributed by atoms with E-state index in [4.69, 9.17) is 33.3 Å². The van der Waals surface area contributed by atoms with Crippen molar-refractivity contribution in [2.24, 2.45) is 0 Å². The molecule has 28 heavy (non-hydrogen) atoms. The summed E-state index contributed by atoms with van der Waals surface area (Å²) in [5, 5.41) is 9.66. The number of anilines is 1. The zero-order valence-electron chi connectivity index (χ0n) is 16.0. The quantitative estimate of drug-likeness (QED) is 0.453. The average Bonchev–Trinajstić information content (AvgIpc) is 2.60. The third kappa shape index (κ3) is 8.02. The Morgan fingerprint density at radius 1 is 1.07 bits per heavy atom. The van der Waals surface area contributed by atoms with Gasteiger partial charge in [-0.15, -0.1) is 0 Å². The first-order valence-corrected chi connectivity index (χ1v) is 9.56. The first-order chi connectivity index (χ1) is 13.2. The molecule has 0 aromatic heterocycles. The van der Waals surface area contributed by atoms with E-state index >= 15 is 0 Å². The number of thiocarbonyl (C=S) groups is 1. The van der Waals surface area contributed by atoms with Gasteiger partial charge in [0.1, 0.15) is 11.4 Å². The molecule has 0 saturated heterocycles. The maximum absolute atomic E-state index is 11.6. The Labute approximate surface area is 175 Å². The minimum Gasteiger partial charge on any atom is -0.455 e. The second kappa shape index (κ2) is 10.1. The number of alkyl carbamates (subject to hydrolysis) is 1. The van der Waals surface area contributed by atoms with E-state index in [1.54, 1.807) is 18.2 Å². The average molecular weight is 422 g/mol. The lowest BCUT2D eigenvalue weighted by molar-refractivity contribution is 0.0529. The fourth-order valence-electron chi connectivity index (χ4n) is 2.13. The largest absolute Gasteiger partial charge is 0.455 e. The summed E-state index contributed by atoms with van der Waals surface area (Å²) < 4.78 is 11.1. The first kappa shape index (κ1) is 21.8. The van der Waals surface area contributed by atoms with Gasteiger partial charge in [-0.25, -0.2) is 4.79 Å². The SMILES string of the molecule is CC(C)(C)OC(=O)NCCNC(=S)Nc1cc(Cl)ccc1Oc1ccccc1. The van der Waals surface area contributed by atoms with Gasteiger partial charge in [0.05, 0.1) is 5.69 Å². The zero-order chi connectivity index (χ0) is 20.6. The summed E-state index contributed by atoms with van der Waals surface area (Å²) in [6.07, 6.45) is -0.471. The minimum absolute atomic E-state index is 0.361. The molecule has 0 bridgehead atoms. The van der Waals surface area contributed by atoms with Crippen LogP contribution in [0.3, 0.4) is 0 Å². The number of amides is 1. The normalized spacial score (nSPS) is 10.7. The van der Waals surface area contributed by atoms with Gasteiger partial charge in [0.15, 0.2) is 10.9 Å². The molecule has 0 saturated carbocycles. The summed E-state index contributed by atoms with van der Waals surface area (Å²) in [5.41, 5.74) is 0.102. The lowest BCUT2D eigenvalue weighted by Gasteiger charge is -2.20. The minimum atomic E-state index is -0.532. The Kier molecular flexibility index (Phi) is 7.90. The highest BCUT2D eigenvalue weighted by Crippen LogP contribution is 2.31. The van der Waals surface area contributed by atoms with Gasteiger partial charge in [0.2, 0.25) is 0 Å². The Morgan fingerprint density at radius 3 is 2.43 bits per heavy atom. The molecule has 2 rings (SSSR count). The predicted octanol–water partition coefficient (Wildman–Crippen LogP) is 4.94. The van der Waals surface area contributed by atoms with Gasteiger partial charge in [-0.3, -0.25) is 0 Å². The van der Waals surface area contributed by atoms with Gasteiger partial charge in [-0.05, 0) is 63.3 Å². The molecule has 0 fully saturated rings. The second-order valence-corrected chi connectivity index (χ2v) is 7.71. The molecular formula is C20H24ClN3O3S. The number of benzene rings is 2. The molecular weight excluding hydrogens is 398 g/mol. The molecule has 3 N–H and O–H groups in total. The van der Waals surface area contributed by atoms with Crippen LogP contribution < -0.4 is 20.7 Å². The van der Waals surface area contributed by atoms with Crippen molar-refractivity contribution in [1.29, 1.82) is 0 Å². The number of carbonyl (C=O) groups is 1. The Hall–Kier alpha value is -2.51. The van der Waals surface area contributed by atoms with Crippen LogP contribution in [0.25, 0.3) is 0 Å². The molecule has 0 unspecified atom stereocenters. The lowest BCUT2D eigenvalue weighted by Crippen LogP contribution is -2.39. The van der Waals surface area contributed by atoms with Crippen molar-refractivity contribution in [3.8, 4) is 11.5 Å². The molecule has 0 radical (unpaired) electrons. The summed E-state index contributed by atoms with van der Waals surface area (Å²) in [6, 6.07) is 14.7. The van der Waals surface area contributed by atoms with Crippen LogP contribution in [0.4, 0.5) is 10.5 Å². The molecule has 0 spiro atoms. The highest BCUT2D eigenvalue weighted by Gasteiger charge is 2.15. The Balaban J connectivity index is 1.86. The van der Waals surface area contributed by atoms with Crippen molar-refractivity contribution in [3.05, 3.63) is 53.6 Å². The van der Waals surface area contributed by atoms with Gasteiger partial charge < -0.3 is 25.4 Å². The molecule has 1 amide bonds. The third-order valence-corrected chi connectivity index (χ3v) is 3.72. The van der Waals surface area contributed by atoms with Crippen LogP contribution >= 0.6 is 23.8 Å². The van der Waals surface area contributed by atoms with E-state index in [1.165, 1.54) is 0 Å². The highest BCUT2D eigenvalue weighted by atomic mass is 35.5. The molecule has 8 heteroatoms. The van der Waals surface area contributed by atoms with E-state index < -0.39 is 11.7 Å². The van der Waals surface area contributed by atoms with E-state index in [-0.39, 0.29) is 0 Å². The van der Waals surface area contributed by atoms with Crippen molar-refractivity contribution in [3.63, 3.8) is 0 Å². The van der Waals surface area contributed by atoms with Crippen LogP contribution in [0.2, 0.25) is 5.02 Å². The van der Waals surface area contributed by atoms with Crippen molar-refractivity contribution >= 4 is 40.7 Å². The summed E-state index contributed by atoms with van der Waals surface area (Å²) >= 11 is 11.4. The van der Waals surface area contributed by atoms with E-state index in [1.807, 2.05) is 51.1 Å². The predicted molar refractivity (Wildman–Crippen MR) is 116 cm³/mol. The van der Waals surface area contributed by atoms with Crippen molar-refractivity contribution in [1.82, 2.24) is 10.6 Å². The fourth-order valence-corrected chi connectivity index (χ4v) is 2.51. The molecule has 0 aliphatic rings. The van der Waals surface area contributed by atoms with E-state index in [2.05, 4.69) is 16.0 Å². The van der Waals surface area contributed by atoms with Crippen LogP contribution in [-0.4, -0.2) is 29.9 Å². The fraction of sp³-hybridized carbons (Fsp3) is 0.300. The van der Waals surface area contributed by atoms with Crippen LogP contribution in [0, 0.1) is 0 Å². The number of para-hydroxylation sites is 1. The number of hydrogen-bond donors (Lipinski definition) is 3. The molecule has 0 heterocycles. The summed E-state index contributed by atoms with van der Waals surface area (Å²) in [7, 11) is 0. The number of hydrogen-bond acceptors (Lipinski definition) is 4. The third-order valence-electron chi connectivity index (χ3n) is 3.24. The van der Waals surface area contributed by atoms with Crippen LogP contribution in [-0.2, 0) is 4.74 Å². The number of halogens is 1. The monoisotopic (exact) mass is 421 g/mol. The first-order valence-electron chi connectivity index (χ1n) is 8.77. The second-order valence-electron chi connectivity index (χ2n) is 6.87. The van der Waals surface area contributed by atoms with Crippen molar-refractivity contribution in [2.45, 2.75) is 26.4 Å². The molecule has 0 atom stereocenters. The molecule has 2 aromatic carbocycles. The Morgan fingerprint density at radius 2 is 1.75 bits per heavy atom. The van der Waals surface area contributed by atoms with Gasteiger partial charge in [0, 0.05) is 18.1 Å². The molecule has 6 nitrogen and oxygen atoms in total. The number of carbonyl (C=O) groups excluding carboxylic acids is 1. The van der Waals surface area contributed by atoms with Crippen LogP contribution in [0.5, 0.6) is 11.5 Å².